The maximum absolute atomic E-state index is 11.4. The van der Waals surface area contributed by atoms with Crippen LogP contribution in [0.3, 0.4) is 0 Å². The maximum Gasteiger partial charge on any atom is 0.152 e. The third-order valence-corrected chi connectivity index (χ3v) is 5.63. The van der Waals surface area contributed by atoms with Gasteiger partial charge in [-0.1, -0.05) is 0 Å². The first-order valence-corrected chi connectivity index (χ1v) is 9.08. The zero-order valence-electron chi connectivity index (χ0n) is 11.9. The SMILES string of the molecule is Cc1cc(CN2CCS(=O)(=O)CC2)oc1CNC1CC1. The van der Waals surface area contributed by atoms with Gasteiger partial charge in [0.25, 0.3) is 0 Å². The van der Waals surface area contributed by atoms with Crippen LogP contribution in [0.1, 0.15) is 29.9 Å². The predicted molar refractivity (Wildman–Crippen MR) is 77.2 cm³/mol. The largest absolute Gasteiger partial charge is 0.463 e. The summed E-state index contributed by atoms with van der Waals surface area (Å²) in [5.74, 6) is 2.48. The van der Waals surface area contributed by atoms with Crippen molar-refractivity contribution in [2.24, 2.45) is 0 Å². The number of nitrogens with one attached hydrogen (secondary N) is 1. The molecular formula is C14H22N2O3S. The van der Waals surface area contributed by atoms with Crippen LogP contribution in [0, 0.1) is 6.92 Å². The first kappa shape index (κ1) is 14.1. The molecule has 5 nitrogen and oxygen atoms in total. The van der Waals surface area contributed by atoms with Crippen molar-refractivity contribution in [3.8, 4) is 0 Å². The lowest BCUT2D eigenvalue weighted by Crippen LogP contribution is -2.39. The van der Waals surface area contributed by atoms with E-state index >= 15 is 0 Å². The Morgan fingerprint density at radius 2 is 2.05 bits per heavy atom. The molecule has 20 heavy (non-hydrogen) atoms. The number of hydrogen-bond acceptors (Lipinski definition) is 5. The van der Waals surface area contributed by atoms with E-state index in [1.165, 1.54) is 18.4 Å². The van der Waals surface area contributed by atoms with Crippen molar-refractivity contribution in [2.75, 3.05) is 24.6 Å². The summed E-state index contributed by atoms with van der Waals surface area (Å²) in [5, 5.41) is 3.45. The molecule has 0 spiro atoms. The number of sulfone groups is 1. The Morgan fingerprint density at radius 1 is 1.35 bits per heavy atom. The number of nitrogens with zero attached hydrogens (tertiary/aromatic N) is 1. The molecule has 0 aromatic carbocycles. The fourth-order valence-corrected chi connectivity index (χ4v) is 3.77. The number of hydrogen-bond donors (Lipinski definition) is 1. The van der Waals surface area contributed by atoms with Crippen LogP contribution in [0.25, 0.3) is 0 Å². The minimum absolute atomic E-state index is 0.267. The average Bonchev–Trinajstić information content (AvgIpc) is 3.15. The van der Waals surface area contributed by atoms with Gasteiger partial charge in [0.1, 0.15) is 11.5 Å². The summed E-state index contributed by atoms with van der Waals surface area (Å²) >= 11 is 0. The van der Waals surface area contributed by atoms with Crippen molar-refractivity contribution in [3.05, 3.63) is 23.2 Å². The molecule has 112 valence electrons. The Bertz CT molecular complexity index is 561. The maximum atomic E-state index is 11.4. The highest BCUT2D eigenvalue weighted by Crippen LogP contribution is 2.22. The third kappa shape index (κ3) is 3.62. The fraction of sp³-hybridized carbons (Fsp3) is 0.714. The summed E-state index contributed by atoms with van der Waals surface area (Å²) < 4.78 is 28.7. The van der Waals surface area contributed by atoms with Crippen molar-refractivity contribution in [2.45, 2.75) is 38.9 Å². The van der Waals surface area contributed by atoms with E-state index in [0.717, 1.165) is 18.1 Å². The fourth-order valence-electron chi connectivity index (χ4n) is 2.50. The van der Waals surface area contributed by atoms with E-state index in [1.807, 2.05) is 0 Å². The molecule has 0 atom stereocenters. The van der Waals surface area contributed by atoms with Crippen molar-refractivity contribution < 1.29 is 12.8 Å². The van der Waals surface area contributed by atoms with E-state index in [9.17, 15) is 8.42 Å². The summed E-state index contributed by atoms with van der Waals surface area (Å²) in [5.41, 5.74) is 1.18. The first-order valence-electron chi connectivity index (χ1n) is 7.26. The van der Waals surface area contributed by atoms with Crippen LogP contribution in [-0.4, -0.2) is 44.0 Å². The highest BCUT2D eigenvalue weighted by atomic mass is 32.2. The second-order valence-electron chi connectivity index (χ2n) is 5.90. The monoisotopic (exact) mass is 298 g/mol. The summed E-state index contributed by atoms with van der Waals surface area (Å²) in [6.45, 7) is 4.79. The molecule has 1 aromatic heterocycles. The van der Waals surface area contributed by atoms with Gasteiger partial charge in [-0.2, -0.15) is 0 Å². The van der Waals surface area contributed by atoms with Gasteiger partial charge >= 0.3 is 0 Å². The summed E-state index contributed by atoms with van der Waals surface area (Å²) in [7, 11) is -2.80. The van der Waals surface area contributed by atoms with Gasteiger partial charge in [-0.3, -0.25) is 4.90 Å². The lowest BCUT2D eigenvalue weighted by atomic mass is 10.2. The van der Waals surface area contributed by atoms with Crippen LogP contribution in [0.15, 0.2) is 10.5 Å². The number of aryl methyl sites for hydroxylation is 1. The lowest BCUT2D eigenvalue weighted by molar-refractivity contribution is 0.258. The molecule has 2 fully saturated rings. The van der Waals surface area contributed by atoms with E-state index in [0.29, 0.717) is 25.7 Å². The predicted octanol–water partition coefficient (Wildman–Crippen LogP) is 1.07. The van der Waals surface area contributed by atoms with Gasteiger partial charge in [0.2, 0.25) is 0 Å². The van der Waals surface area contributed by atoms with E-state index < -0.39 is 9.84 Å². The smallest absolute Gasteiger partial charge is 0.152 e. The van der Waals surface area contributed by atoms with E-state index in [2.05, 4.69) is 23.2 Å². The molecule has 1 aliphatic carbocycles. The molecule has 2 aliphatic rings. The normalized spacial score (nSPS) is 23.1. The third-order valence-electron chi connectivity index (χ3n) is 4.02. The molecule has 0 radical (unpaired) electrons. The molecule has 0 bridgehead atoms. The number of furan rings is 1. The molecule has 1 N–H and O–H groups in total. The molecular weight excluding hydrogens is 276 g/mol. The average molecular weight is 298 g/mol. The van der Waals surface area contributed by atoms with Crippen molar-refractivity contribution in [1.29, 1.82) is 0 Å². The Morgan fingerprint density at radius 3 is 2.70 bits per heavy atom. The minimum Gasteiger partial charge on any atom is -0.463 e. The topological polar surface area (TPSA) is 62.6 Å². The number of rotatable bonds is 5. The minimum atomic E-state index is -2.80. The van der Waals surface area contributed by atoms with Gasteiger partial charge in [0, 0.05) is 19.1 Å². The zero-order chi connectivity index (χ0) is 14.2. The van der Waals surface area contributed by atoms with Crippen molar-refractivity contribution in [3.63, 3.8) is 0 Å². The Labute approximate surface area is 120 Å². The molecule has 2 heterocycles. The summed E-state index contributed by atoms with van der Waals surface area (Å²) in [6, 6.07) is 2.75. The summed E-state index contributed by atoms with van der Waals surface area (Å²) in [4.78, 5) is 2.15. The zero-order valence-corrected chi connectivity index (χ0v) is 12.7. The van der Waals surface area contributed by atoms with E-state index in [1.54, 1.807) is 0 Å². The summed E-state index contributed by atoms with van der Waals surface area (Å²) in [6.07, 6.45) is 2.55. The second kappa shape index (κ2) is 5.50. The molecule has 6 heteroatoms. The highest BCUT2D eigenvalue weighted by Gasteiger charge is 2.23. The highest BCUT2D eigenvalue weighted by molar-refractivity contribution is 7.91. The van der Waals surface area contributed by atoms with Crippen LogP contribution >= 0.6 is 0 Å². The van der Waals surface area contributed by atoms with Crippen molar-refractivity contribution in [1.82, 2.24) is 10.2 Å². The van der Waals surface area contributed by atoms with Gasteiger partial charge in [0.15, 0.2) is 9.84 Å². The molecule has 0 unspecified atom stereocenters. The Hall–Kier alpha value is -0.850. The molecule has 0 amide bonds. The lowest BCUT2D eigenvalue weighted by Gasteiger charge is -2.25. The molecule has 3 rings (SSSR count). The van der Waals surface area contributed by atoms with Gasteiger partial charge < -0.3 is 9.73 Å². The first-order chi connectivity index (χ1) is 9.52. The van der Waals surface area contributed by atoms with Gasteiger partial charge in [0.05, 0.1) is 24.6 Å². The van der Waals surface area contributed by atoms with Gasteiger partial charge in [-0.05, 0) is 31.4 Å². The van der Waals surface area contributed by atoms with Crippen LogP contribution in [0.2, 0.25) is 0 Å². The molecule has 1 saturated heterocycles. The van der Waals surface area contributed by atoms with Crippen LogP contribution < -0.4 is 5.32 Å². The van der Waals surface area contributed by atoms with Crippen LogP contribution in [0.4, 0.5) is 0 Å². The molecule has 1 aliphatic heterocycles. The quantitative estimate of drug-likeness (QED) is 0.881. The van der Waals surface area contributed by atoms with Gasteiger partial charge in [-0.25, -0.2) is 8.42 Å². The molecule has 1 saturated carbocycles. The van der Waals surface area contributed by atoms with E-state index in [4.69, 9.17) is 4.42 Å². The molecule has 1 aromatic rings. The van der Waals surface area contributed by atoms with Crippen molar-refractivity contribution >= 4 is 9.84 Å². The van der Waals surface area contributed by atoms with E-state index in [-0.39, 0.29) is 11.5 Å². The van der Waals surface area contributed by atoms with Crippen LogP contribution in [0.5, 0.6) is 0 Å². The second-order valence-corrected chi connectivity index (χ2v) is 8.21. The Kier molecular flexibility index (Phi) is 3.88. The standard InChI is InChI=1S/C14H22N2O3S/c1-11-8-13(19-14(11)9-15-12-2-3-12)10-16-4-6-20(17,18)7-5-16/h8,12,15H,2-7,9-10H2,1H3. The van der Waals surface area contributed by atoms with Gasteiger partial charge in [-0.15, -0.1) is 0 Å². The Balaban J connectivity index is 1.56. The van der Waals surface area contributed by atoms with Crippen LogP contribution in [-0.2, 0) is 22.9 Å².